The maximum atomic E-state index is 11.4. The molecule has 0 aromatic heterocycles. The summed E-state index contributed by atoms with van der Waals surface area (Å²) >= 11 is 0. The van der Waals surface area contributed by atoms with Crippen LogP contribution >= 0.6 is 0 Å². The molecule has 0 atom stereocenters. The van der Waals surface area contributed by atoms with Crippen LogP contribution in [0.3, 0.4) is 0 Å². The molecule has 0 radical (unpaired) electrons. The molecule has 58 heavy (non-hydrogen) atoms. The maximum Gasteiger partial charge on any atom is 0.303 e. The van der Waals surface area contributed by atoms with E-state index in [4.69, 9.17) is 66.7 Å². The summed E-state index contributed by atoms with van der Waals surface area (Å²) < 4.78 is 71.5. The lowest BCUT2D eigenvalue weighted by molar-refractivity contribution is -0.138. The summed E-state index contributed by atoms with van der Waals surface area (Å²) in [6, 6.07) is 0. The number of unbranched alkanes of at least 4 members (excludes halogenated alkanes) is 7. The van der Waals surface area contributed by atoms with E-state index in [2.05, 4.69) is 12.2 Å². The number of amides is 1. The smallest absolute Gasteiger partial charge is 0.303 e. The quantitative estimate of drug-likeness (QED) is 0.0844. The number of carboxylic acids is 1. The van der Waals surface area contributed by atoms with Gasteiger partial charge in [-0.1, -0.05) is 51.9 Å². The zero-order chi connectivity index (χ0) is 41.9. The van der Waals surface area contributed by atoms with Crippen LogP contribution in [-0.2, 0) is 71.2 Å². The molecule has 2 N–H and O–H groups in total. The third kappa shape index (κ3) is 52.4. The highest BCUT2D eigenvalue weighted by Gasteiger charge is 2.04. The van der Waals surface area contributed by atoms with Crippen molar-refractivity contribution >= 4 is 11.9 Å². The molecule has 0 rings (SSSR count). The first-order valence-corrected chi connectivity index (χ1v) is 21.7. The Bertz CT molecular complexity index is 816. The zero-order valence-electron chi connectivity index (χ0n) is 35.9. The van der Waals surface area contributed by atoms with E-state index in [0.29, 0.717) is 178 Å². The Morgan fingerprint density at radius 2 is 0.569 bits per heavy atom. The molecule has 1 amide bonds. The molecule has 0 saturated heterocycles. The second kappa shape index (κ2) is 51.6. The molecule has 0 aromatic carbocycles. The van der Waals surface area contributed by atoms with Gasteiger partial charge in [0.15, 0.2) is 0 Å². The van der Waals surface area contributed by atoms with Gasteiger partial charge in [-0.15, -0.1) is 0 Å². The van der Waals surface area contributed by atoms with E-state index in [1.807, 2.05) is 0 Å². The third-order valence-corrected chi connectivity index (χ3v) is 7.96. The fourth-order valence-corrected chi connectivity index (χ4v) is 4.79. The summed E-state index contributed by atoms with van der Waals surface area (Å²) in [5, 5.41) is 11.2. The number of hydrogen-bond acceptors (Lipinski definition) is 15. The predicted octanol–water partition coefficient (Wildman–Crippen LogP) is 3.71. The Labute approximate surface area is 348 Å². The van der Waals surface area contributed by atoms with Crippen LogP contribution in [0.25, 0.3) is 0 Å². The highest BCUT2D eigenvalue weighted by molar-refractivity contribution is 5.80. The van der Waals surface area contributed by atoms with Crippen LogP contribution in [-0.4, -0.2) is 195 Å². The molecule has 0 spiro atoms. The Morgan fingerprint density at radius 1 is 0.328 bits per heavy atom. The summed E-state index contributed by atoms with van der Waals surface area (Å²) in [7, 11) is 0. The predicted molar refractivity (Wildman–Crippen MR) is 218 cm³/mol. The number of ether oxygens (including phenoxy) is 13. The van der Waals surface area contributed by atoms with Crippen molar-refractivity contribution < 1.29 is 76.3 Å². The lowest BCUT2D eigenvalue weighted by atomic mass is 10.1. The molecule has 0 aliphatic rings. The Morgan fingerprint density at radius 3 is 0.845 bits per heavy atom. The molecule has 0 bridgehead atoms. The maximum absolute atomic E-state index is 11.4. The van der Waals surface area contributed by atoms with E-state index >= 15 is 0 Å². The first-order valence-electron chi connectivity index (χ1n) is 21.7. The van der Waals surface area contributed by atoms with Crippen molar-refractivity contribution in [1.29, 1.82) is 0 Å². The first-order chi connectivity index (χ1) is 28.7. The SMILES string of the molecule is CCCCCCCCCCOCCOCCOCCOCCOCCOCCOCCOCCOCCOCCOCCOCCOCCCNC(=O)CCC(=O)O. The van der Waals surface area contributed by atoms with Gasteiger partial charge < -0.3 is 72.0 Å². The van der Waals surface area contributed by atoms with E-state index in [1.54, 1.807) is 0 Å². The highest BCUT2D eigenvalue weighted by Crippen LogP contribution is 2.08. The molecule has 0 unspecified atom stereocenters. The number of carbonyl (C=O) groups excluding carboxylic acids is 1. The minimum absolute atomic E-state index is 0.0111. The van der Waals surface area contributed by atoms with Crippen molar-refractivity contribution in [3.8, 4) is 0 Å². The van der Waals surface area contributed by atoms with Crippen LogP contribution in [0.4, 0.5) is 0 Å². The Balaban J connectivity index is 3.08. The van der Waals surface area contributed by atoms with E-state index in [1.165, 1.54) is 44.9 Å². The third-order valence-electron chi connectivity index (χ3n) is 7.96. The van der Waals surface area contributed by atoms with Crippen molar-refractivity contribution in [3.05, 3.63) is 0 Å². The fourth-order valence-electron chi connectivity index (χ4n) is 4.79. The van der Waals surface area contributed by atoms with Gasteiger partial charge in [-0.2, -0.15) is 0 Å². The molecule has 0 aromatic rings. The number of aliphatic carboxylic acids is 1. The normalized spacial score (nSPS) is 11.5. The molecule has 17 heteroatoms. The minimum Gasteiger partial charge on any atom is -0.481 e. The second-order valence-corrected chi connectivity index (χ2v) is 13.0. The number of nitrogens with one attached hydrogen (secondary N) is 1. The number of carboxylic acid groups (broad SMARTS) is 1. The number of hydrogen-bond donors (Lipinski definition) is 2. The van der Waals surface area contributed by atoms with Crippen LogP contribution in [0.15, 0.2) is 0 Å². The highest BCUT2D eigenvalue weighted by atomic mass is 16.6. The van der Waals surface area contributed by atoms with Crippen molar-refractivity contribution in [2.45, 2.75) is 77.6 Å². The van der Waals surface area contributed by atoms with Crippen LogP contribution in [0, 0.1) is 0 Å². The van der Waals surface area contributed by atoms with Crippen LogP contribution in [0.5, 0.6) is 0 Å². The van der Waals surface area contributed by atoms with Gasteiger partial charge in [0.1, 0.15) is 0 Å². The summed E-state index contributed by atoms with van der Waals surface area (Å²) in [5.41, 5.74) is 0. The molecule has 0 fully saturated rings. The van der Waals surface area contributed by atoms with Crippen molar-refractivity contribution in [2.24, 2.45) is 0 Å². The summed E-state index contributed by atoms with van der Waals surface area (Å²) in [5.74, 6) is -1.25. The Hall–Kier alpha value is -1.58. The molecular weight excluding hydrogens is 762 g/mol. The van der Waals surface area contributed by atoms with Crippen LogP contribution in [0.1, 0.15) is 77.6 Å². The lowest BCUT2D eigenvalue weighted by Crippen LogP contribution is -2.25. The molecule has 0 saturated carbocycles. The summed E-state index contributed by atoms with van der Waals surface area (Å²) in [6.45, 7) is 16.1. The standard InChI is InChI=1S/C41H81NO16/c1-2-3-4-5-6-7-8-9-14-46-16-18-48-20-22-50-24-26-52-28-30-54-32-34-56-36-38-58-39-37-57-35-33-55-31-29-53-27-25-51-23-21-49-19-17-47-15-10-13-42-40(43)11-12-41(44)45/h2-39H2,1H3,(H,42,43)(H,44,45). The van der Waals surface area contributed by atoms with Gasteiger partial charge in [0, 0.05) is 26.2 Å². The number of carbonyl (C=O) groups is 2. The molecular formula is C41H81NO16. The van der Waals surface area contributed by atoms with Gasteiger partial charge in [0.25, 0.3) is 0 Å². The van der Waals surface area contributed by atoms with Crippen molar-refractivity contribution in [1.82, 2.24) is 5.32 Å². The second-order valence-electron chi connectivity index (χ2n) is 13.0. The number of rotatable bonds is 52. The zero-order valence-corrected chi connectivity index (χ0v) is 35.9. The Kier molecular flexibility index (Phi) is 50.2. The van der Waals surface area contributed by atoms with E-state index in [0.717, 1.165) is 13.0 Å². The van der Waals surface area contributed by atoms with Gasteiger partial charge in [-0.05, 0) is 12.8 Å². The largest absolute Gasteiger partial charge is 0.481 e. The fraction of sp³-hybridized carbons (Fsp3) is 0.951. The van der Waals surface area contributed by atoms with Gasteiger partial charge in [0.2, 0.25) is 5.91 Å². The molecule has 17 nitrogen and oxygen atoms in total. The minimum atomic E-state index is -0.983. The monoisotopic (exact) mass is 844 g/mol. The summed E-state index contributed by atoms with van der Waals surface area (Å²) in [4.78, 5) is 21.8. The molecule has 0 aliphatic carbocycles. The molecule has 346 valence electrons. The lowest BCUT2D eigenvalue weighted by Gasteiger charge is -2.09. The van der Waals surface area contributed by atoms with Gasteiger partial charge in [-0.25, -0.2) is 0 Å². The van der Waals surface area contributed by atoms with Gasteiger partial charge in [0.05, 0.1) is 165 Å². The first kappa shape index (κ1) is 56.4. The van der Waals surface area contributed by atoms with Gasteiger partial charge in [-0.3, -0.25) is 9.59 Å². The molecule has 0 heterocycles. The summed E-state index contributed by atoms with van der Waals surface area (Å²) in [6.07, 6.45) is 11.0. The van der Waals surface area contributed by atoms with Gasteiger partial charge >= 0.3 is 5.97 Å². The topological polar surface area (TPSA) is 186 Å². The van der Waals surface area contributed by atoms with Crippen LogP contribution < -0.4 is 5.32 Å². The van der Waals surface area contributed by atoms with E-state index in [-0.39, 0.29) is 18.7 Å². The average molecular weight is 844 g/mol. The van der Waals surface area contributed by atoms with Crippen molar-refractivity contribution in [3.63, 3.8) is 0 Å². The van der Waals surface area contributed by atoms with Crippen molar-refractivity contribution in [2.75, 3.05) is 178 Å². The van der Waals surface area contributed by atoms with Crippen LogP contribution in [0.2, 0.25) is 0 Å². The van der Waals surface area contributed by atoms with E-state index < -0.39 is 5.97 Å². The average Bonchev–Trinajstić information content (AvgIpc) is 3.22. The van der Waals surface area contributed by atoms with E-state index in [9.17, 15) is 9.59 Å². The molecule has 0 aliphatic heterocycles.